The Balaban J connectivity index is 1.66. The maximum atomic E-state index is 13.3. The molecule has 0 saturated carbocycles. The third-order valence-corrected chi connectivity index (χ3v) is 6.10. The molecular weight excluding hydrogens is 386 g/mol. The fourth-order valence-corrected chi connectivity index (χ4v) is 4.49. The van der Waals surface area contributed by atoms with E-state index in [1.807, 2.05) is 18.2 Å². The molecule has 1 unspecified atom stereocenters. The van der Waals surface area contributed by atoms with Gasteiger partial charge in [-0.2, -0.15) is 0 Å². The van der Waals surface area contributed by atoms with Gasteiger partial charge in [0.2, 0.25) is 5.91 Å². The molecule has 0 aromatic heterocycles. The Labute approximate surface area is 176 Å². The molecule has 2 aromatic carbocycles. The van der Waals surface area contributed by atoms with Crippen molar-refractivity contribution in [2.45, 2.75) is 31.7 Å². The fraction of sp³-hybridized carbons (Fsp3) is 0.348. The number of nitrogens with zero attached hydrogens (tertiary/aromatic N) is 3. The van der Waals surface area contributed by atoms with Crippen LogP contribution in [0.4, 0.5) is 5.69 Å². The summed E-state index contributed by atoms with van der Waals surface area (Å²) in [5.41, 5.74) is 1.62. The van der Waals surface area contributed by atoms with E-state index in [0.717, 1.165) is 19.5 Å². The summed E-state index contributed by atoms with van der Waals surface area (Å²) in [4.78, 5) is 34.7. The third kappa shape index (κ3) is 3.72. The lowest BCUT2D eigenvalue weighted by Crippen LogP contribution is -2.45. The van der Waals surface area contributed by atoms with Crippen molar-refractivity contribution in [2.75, 3.05) is 24.5 Å². The molecule has 2 amide bonds. The Hall–Kier alpha value is -2.50. The molecule has 2 atom stereocenters. The molecule has 150 valence electrons. The number of anilines is 1. The number of aliphatic imine (C=N–C) groups is 1. The summed E-state index contributed by atoms with van der Waals surface area (Å²) in [5.74, 6) is -1.27. The Kier molecular flexibility index (Phi) is 5.79. The predicted molar refractivity (Wildman–Crippen MR) is 116 cm³/mol. The topological polar surface area (TPSA) is 53.0 Å². The van der Waals surface area contributed by atoms with Crippen molar-refractivity contribution in [3.63, 3.8) is 0 Å². The molecule has 6 heteroatoms. The van der Waals surface area contributed by atoms with Gasteiger partial charge in [-0.1, -0.05) is 48.9 Å². The average molecular weight is 410 g/mol. The molecule has 2 aromatic rings. The molecular formula is C23H24ClN3O2. The Morgan fingerprint density at radius 1 is 1.14 bits per heavy atom. The number of halogens is 1. The van der Waals surface area contributed by atoms with Gasteiger partial charge in [-0.3, -0.25) is 19.5 Å². The third-order valence-electron chi connectivity index (χ3n) is 5.79. The van der Waals surface area contributed by atoms with Crippen molar-refractivity contribution in [1.29, 1.82) is 0 Å². The second-order valence-electron chi connectivity index (χ2n) is 7.43. The van der Waals surface area contributed by atoms with Crippen molar-refractivity contribution in [1.82, 2.24) is 4.90 Å². The molecule has 0 radical (unpaired) electrons. The van der Waals surface area contributed by atoms with Gasteiger partial charge in [0.15, 0.2) is 0 Å². The fourth-order valence-electron chi connectivity index (χ4n) is 4.27. The van der Waals surface area contributed by atoms with Gasteiger partial charge in [-0.05, 0) is 49.7 Å². The van der Waals surface area contributed by atoms with E-state index in [2.05, 4.69) is 16.8 Å². The van der Waals surface area contributed by atoms with E-state index in [4.69, 9.17) is 11.6 Å². The molecule has 2 aliphatic rings. The summed E-state index contributed by atoms with van der Waals surface area (Å²) < 4.78 is 0. The molecule has 5 nitrogen and oxygen atoms in total. The van der Waals surface area contributed by atoms with Crippen molar-refractivity contribution >= 4 is 35.3 Å². The number of likely N-dealkylation sites (N-methyl/N-ethyl adjacent to an activating group) is 1. The van der Waals surface area contributed by atoms with Crippen LogP contribution >= 0.6 is 11.6 Å². The van der Waals surface area contributed by atoms with E-state index >= 15 is 0 Å². The lowest BCUT2D eigenvalue weighted by molar-refractivity contribution is -0.118. The largest absolute Gasteiger partial charge is 0.299 e. The molecule has 29 heavy (non-hydrogen) atoms. The number of para-hydroxylation sites is 1. The minimum Gasteiger partial charge on any atom is -0.299 e. The molecule has 1 saturated heterocycles. The van der Waals surface area contributed by atoms with Crippen molar-refractivity contribution in [2.24, 2.45) is 4.99 Å². The molecule has 1 fully saturated rings. The number of amides is 2. The Bertz CT molecular complexity index is 959. The van der Waals surface area contributed by atoms with Crippen LogP contribution in [0, 0.1) is 0 Å². The van der Waals surface area contributed by atoms with Gasteiger partial charge < -0.3 is 0 Å². The zero-order valence-electron chi connectivity index (χ0n) is 16.4. The van der Waals surface area contributed by atoms with E-state index < -0.39 is 5.92 Å². The Morgan fingerprint density at radius 2 is 1.90 bits per heavy atom. The first-order valence-electron chi connectivity index (χ1n) is 10.1. The van der Waals surface area contributed by atoms with E-state index in [0.29, 0.717) is 34.4 Å². The number of likely N-dealkylation sites (tertiary alicyclic amines) is 1. The highest BCUT2D eigenvalue weighted by atomic mass is 35.5. The second-order valence-corrected chi connectivity index (χ2v) is 7.84. The molecule has 2 heterocycles. The number of hydrogen-bond acceptors (Lipinski definition) is 4. The number of fused-ring (bicyclic) bond motifs is 1. The van der Waals surface area contributed by atoms with Crippen LogP contribution in [0.3, 0.4) is 0 Å². The van der Waals surface area contributed by atoms with E-state index in [-0.39, 0.29) is 11.8 Å². The standard InChI is InChI=1S/C23H24ClN3O2/c1-2-26-13-7-8-16(26)14-25-15-19-17-9-3-4-10-18(17)22(28)27(23(19)29)21-12-6-5-11-20(21)24/h3-6,9-12,15-16,19H,2,7-8,13-14H2,1H3/t16-,19?/m0/s1. The first-order valence-corrected chi connectivity index (χ1v) is 10.5. The van der Waals surface area contributed by atoms with E-state index in [1.165, 1.54) is 11.3 Å². The minimum absolute atomic E-state index is 0.315. The van der Waals surface area contributed by atoms with E-state index in [9.17, 15) is 9.59 Å². The van der Waals surface area contributed by atoms with Gasteiger partial charge in [-0.15, -0.1) is 0 Å². The molecule has 4 rings (SSSR count). The van der Waals surface area contributed by atoms with Crippen molar-refractivity contribution < 1.29 is 9.59 Å². The summed E-state index contributed by atoms with van der Waals surface area (Å²) in [6, 6.07) is 14.6. The van der Waals surface area contributed by atoms with E-state index in [1.54, 1.807) is 36.5 Å². The number of benzene rings is 2. The number of carbonyl (C=O) groups is 2. The van der Waals surface area contributed by atoms with Crippen molar-refractivity contribution in [3.05, 3.63) is 64.7 Å². The first kappa shape index (κ1) is 19.8. The first-order chi connectivity index (χ1) is 14.1. The predicted octanol–water partition coefficient (Wildman–Crippen LogP) is 4.17. The summed E-state index contributed by atoms with van der Waals surface area (Å²) in [7, 11) is 0. The van der Waals surface area contributed by atoms with Crippen LogP contribution in [0.1, 0.15) is 41.6 Å². The van der Waals surface area contributed by atoms with Crippen LogP contribution < -0.4 is 4.90 Å². The lowest BCUT2D eigenvalue weighted by Gasteiger charge is -2.31. The van der Waals surface area contributed by atoms with Gasteiger partial charge in [-0.25, -0.2) is 4.90 Å². The molecule has 0 aliphatic carbocycles. The highest BCUT2D eigenvalue weighted by Crippen LogP contribution is 2.35. The zero-order valence-corrected chi connectivity index (χ0v) is 17.2. The molecule has 0 N–H and O–H groups in total. The maximum Gasteiger partial charge on any atom is 0.265 e. The summed E-state index contributed by atoms with van der Waals surface area (Å²) in [5, 5.41) is 0.369. The maximum absolute atomic E-state index is 13.3. The molecule has 2 aliphatic heterocycles. The van der Waals surface area contributed by atoms with Crippen LogP contribution in [0.5, 0.6) is 0 Å². The van der Waals surface area contributed by atoms with Gasteiger partial charge >= 0.3 is 0 Å². The van der Waals surface area contributed by atoms with Gasteiger partial charge in [0.1, 0.15) is 0 Å². The molecule has 0 spiro atoms. The average Bonchev–Trinajstić information content (AvgIpc) is 3.19. The monoisotopic (exact) mass is 409 g/mol. The summed E-state index contributed by atoms with van der Waals surface area (Å²) >= 11 is 6.30. The summed E-state index contributed by atoms with van der Waals surface area (Å²) in [6.07, 6.45) is 4.03. The molecule has 0 bridgehead atoms. The number of hydrogen-bond donors (Lipinski definition) is 0. The van der Waals surface area contributed by atoms with Crippen molar-refractivity contribution in [3.8, 4) is 0 Å². The van der Waals surface area contributed by atoms with Gasteiger partial charge in [0, 0.05) is 17.8 Å². The lowest BCUT2D eigenvalue weighted by atomic mass is 9.89. The number of imide groups is 1. The Morgan fingerprint density at radius 3 is 2.69 bits per heavy atom. The summed E-state index contributed by atoms with van der Waals surface area (Å²) in [6.45, 7) is 4.95. The van der Waals surface area contributed by atoms with Crippen LogP contribution in [0.15, 0.2) is 53.5 Å². The smallest absolute Gasteiger partial charge is 0.265 e. The van der Waals surface area contributed by atoms with Crippen LogP contribution in [0.2, 0.25) is 5.02 Å². The van der Waals surface area contributed by atoms with Gasteiger partial charge in [0.05, 0.1) is 23.2 Å². The highest BCUT2D eigenvalue weighted by Gasteiger charge is 2.39. The van der Waals surface area contributed by atoms with Crippen LogP contribution in [-0.4, -0.2) is 48.6 Å². The number of rotatable bonds is 5. The number of carbonyl (C=O) groups excluding carboxylic acids is 2. The van der Waals surface area contributed by atoms with Crippen LogP contribution in [-0.2, 0) is 4.79 Å². The highest BCUT2D eigenvalue weighted by molar-refractivity contribution is 6.37. The van der Waals surface area contributed by atoms with Gasteiger partial charge in [0.25, 0.3) is 5.91 Å². The second kappa shape index (κ2) is 8.47. The zero-order chi connectivity index (χ0) is 20.4. The minimum atomic E-state index is -0.600. The normalized spacial score (nSPS) is 22.5. The quantitative estimate of drug-likeness (QED) is 0.550. The van der Waals surface area contributed by atoms with Crippen LogP contribution in [0.25, 0.3) is 0 Å². The SMILES string of the molecule is CCN1CCC[C@H]1CN=CC1C(=O)N(c2ccccc2Cl)C(=O)c2ccccc21.